The second-order valence-electron chi connectivity index (χ2n) is 9.16. The highest BCUT2D eigenvalue weighted by Crippen LogP contribution is 2.50. The summed E-state index contributed by atoms with van der Waals surface area (Å²) in [4.78, 5) is 40.4. The highest BCUT2D eigenvalue weighted by atomic mass is 16.5. The molecule has 0 saturated heterocycles. The molecule has 5 N–H and O–H groups in total. The van der Waals surface area contributed by atoms with Crippen LogP contribution in [0.25, 0.3) is 0 Å². The molecule has 1 aliphatic heterocycles. The summed E-state index contributed by atoms with van der Waals surface area (Å²) in [6.07, 6.45) is 0.253. The Morgan fingerprint density at radius 2 is 1.90 bits per heavy atom. The number of esters is 1. The van der Waals surface area contributed by atoms with Gasteiger partial charge in [-0.15, -0.1) is 0 Å². The van der Waals surface area contributed by atoms with Crippen LogP contribution in [0, 0.1) is 6.92 Å². The van der Waals surface area contributed by atoms with Crippen LogP contribution in [0.4, 0.5) is 0 Å². The number of phenols is 2. The van der Waals surface area contributed by atoms with Gasteiger partial charge in [-0.25, -0.2) is 0 Å². The molecule has 2 atom stereocenters. The van der Waals surface area contributed by atoms with Crippen LogP contribution >= 0.6 is 0 Å². The van der Waals surface area contributed by atoms with Crippen molar-refractivity contribution in [2.45, 2.75) is 38.9 Å². The SMILES string of the molecule is COC(=O)C[C@@H](c1cccc(OCC(N)=O)c1)c1c(O)c(C(C)=O)cc([C@H]2OCc3cnc(C)c(O)c32)c1O. The van der Waals surface area contributed by atoms with Crippen molar-refractivity contribution >= 4 is 17.7 Å². The van der Waals surface area contributed by atoms with Gasteiger partial charge in [-0.1, -0.05) is 12.1 Å². The lowest BCUT2D eigenvalue weighted by Crippen LogP contribution is -2.20. The van der Waals surface area contributed by atoms with E-state index in [-0.39, 0.29) is 47.8 Å². The molecule has 0 saturated carbocycles. The van der Waals surface area contributed by atoms with E-state index in [4.69, 9.17) is 19.9 Å². The zero-order valence-corrected chi connectivity index (χ0v) is 21.6. The maximum Gasteiger partial charge on any atom is 0.306 e. The molecular weight excluding hydrogens is 508 g/mol. The van der Waals surface area contributed by atoms with E-state index >= 15 is 0 Å². The van der Waals surface area contributed by atoms with Gasteiger partial charge >= 0.3 is 5.97 Å². The number of carbonyl (C=O) groups excluding carboxylic acids is 3. The number of ether oxygens (including phenoxy) is 3. The zero-order chi connectivity index (χ0) is 28.4. The van der Waals surface area contributed by atoms with Gasteiger partial charge < -0.3 is 35.3 Å². The van der Waals surface area contributed by atoms with Gasteiger partial charge in [-0.05, 0) is 37.6 Å². The Morgan fingerprint density at radius 1 is 1.15 bits per heavy atom. The van der Waals surface area contributed by atoms with Crippen molar-refractivity contribution in [3.8, 4) is 23.0 Å². The number of amides is 1. The van der Waals surface area contributed by atoms with Crippen LogP contribution in [0.5, 0.6) is 23.0 Å². The fourth-order valence-electron chi connectivity index (χ4n) is 4.68. The number of aryl methyl sites for hydroxylation is 1. The number of benzene rings is 2. The number of pyridine rings is 1. The Labute approximate surface area is 223 Å². The lowest BCUT2D eigenvalue weighted by molar-refractivity contribution is -0.140. The summed E-state index contributed by atoms with van der Waals surface area (Å²) in [6, 6.07) is 7.64. The molecule has 0 spiro atoms. The van der Waals surface area contributed by atoms with Crippen molar-refractivity contribution in [1.82, 2.24) is 4.98 Å². The highest BCUT2D eigenvalue weighted by molar-refractivity contribution is 5.98. The first-order valence-corrected chi connectivity index (χ1v) is 12.0. The Morgan fingerprint density at radius 3 is 2.56 bits per heavy atom. The smallest absolute Gasteiger partial charge is 0.306 e. The summed E-state index contributed by atoms with van der Waals surface area (Å²) < 4.78 is 16.2. The minimum Gasteiger partial charge on any atom is -0.507 e. The van der Waals surface area contributed by atoms with Crippen molar-refractivity contribution in [3.05, 3.63) is 75.6 Å². The van der Waals surface area contributed by atoms with E-state index in [0.717, 1.165) is 0 Å². The van der Waals surface area contributed by atoms with E-state index in [1.165, 1.54) is 26.2 Å². The predicted molar refractivity (Wildman–Crippen MR) is 137 cm³/mol. The molecule has 3 aromatic rings. The molecule has 1 amide bonds. The molecule has 4 rings (SSSR count). The first-order valence-electron chi connectivity index (χ1n) is 12.0. The van der Waals surface area contributed by atoms with Crippen molar-refractivity contribution in [1.29, 1.82) is 0 Å². The number of fused-ring (bicyclic) bond motifs is 1. The maximum absolute atomic E-state index is 12.6. The number of phenolic OH excluding ortho intramolecular Hbond substituents is 2. The van der Waals surface area contributed by atoms with E-state index in [2.05, 4.69) is 4.98 Å². The lowest BCUT2D eigenvalue weighted by Gasteiger charge is -2.25. The number of aromatic hydroxyl groups is 3. The average Bonchev–Trinajstić information content (AvgIpc) is 3.33. The van der Waals surface area contributed by atoms with Crippen LogP contribution in [0.15, 0.2) is 36.5 Å². The number of primary amides is 1. The van der Waals surface area contributed by atoms with Gasteiger partial charge in [0.15, 0.2) is 12.4 Å². The van der Waals surface area contributed by atoms with Gasteiger partial charge in [0, 0.05) is 34.4 Å². The number of ketones is 1. The molecule has 11 nitrogen and oxygen atoms in total. The van der Waals surface area contributed by atoms with Crippen molar-refractivity contribution in [2.75, 3.05) is 13.7 Å². The molecular formula is C28H28N2O9. The third-order valence-corrected chi connectivity index (χ3v) is 6.61. The number of methoxy groups -OCH3 is 1. The van der Waals surface area contributed by atoms with E-state index in [1.54, 1.807) is 31.3 Å². The van der Waals surface area contributed by atoms with Crippen LogP contribution in [0.1, 0.15) is 69.2 Å². The largest absolute Gasteiger partial charge is 0.507 e. The zero-order valence-electron chi connectivity index (χ0n) is 21.6. The fraction of sp³-hybridized carbons (Fsp3) is 0.286. The second-order valence-corrected chi connectivity index (χ2v) is 9.16. The summed E-state index contributed by atoms with van der Waals surface area (Å²) in [7, 11) is 1.20. The van der Waals surface area contributed by atoms with Crippen LogP contribution in [-0.2, 0) is 25.7 Å². The number of hydrogen-bond acceptors (Lipinski definition) is 10. The summed E-state index contributed by atoms with van der Waals surface area (Å²) in [5.74, 6) is -3.66. The number of aromatic nitrogens is 1. The van der Waals surface area contributed by atoms with E-state index in [9.17, 15) is 29.7 Å². The molecule has 1 aromatic heterocycles. The van der Waals surface area contributed by atoms with Gasteiger partial charge in [0.2, 0.25) is 0 Å². The molecule has 0 radical (unpaired) electrons. The number of Topliss-reactive ketones (excluding diaryl/α,β-unsaturated/α-hetero) is 1. The molecule has 0 unspecified atom stereocenters. The molecule has 0 bridgehead atoms. The van der Waals surface area contributed by atoms with Crippen molar-refractivity contribution < 1.29 is 43.9 Å². The molecule has 0 aliphatic carbocycles. The topological polar surface area (TPSA) is 178 Å². The molecule has 0 fully saturated rings. The van der Waals surface area contributed by atoms with E-state index < -0.39 is 41.2 Å². The third-order valence-electron chi connectivity index (χ3n) is 6.61. The molecule has 2 heterocycles. The van der Waals surface area contributed by atoms with Crippen LogP contribution in [-0.4, -0.2) is 51.7 Å². The number of hydrogen-bond donors (Lipinski definition) is 4. The highest BCUT2D eigenvalue weighted by Gasteiger charge is 2.36. The van der Waals surface area contributed by atoms with Gasteiger partial charge in [0.1, 0.15) is 29.1 Å². The minimum absolute atomic E-state index is 0.0940. The Kier molecular flexibility index (Phi) is 7.73. The lowest BCUT2D eigenvalue weighted by atomic mass is 9.83. The number of nitrogens with zero attached hydrogens (tertiary/aromatic N) is 1. The summed E-state index contributed by atoms with van der Waals surface area (Å²) in [6.45, 7) is 2.58. The molecule has 1 aliphatic rings. The molecule has 2 aromatic carbocycles. The van der Waals surface area contributed by atoms with Crippen LogP contribution in [0.2, 0.25) is 0 Å². The number of rotatable bonds is 9. The van der Waals surface area contributed by atoms with Gasteiger partial charge in [-0.3, -0.25) is 19.4 Å². The van der Waals surface area contributed by atoms with Crippen molar-refractivity contribution in [3.63, 3.8) is 0 Å². The monoisotopic (exact) mass is 536 g/mol. The summed E-state index contributed by atoms with van der Waals surface area (Å²) >= 11 is 0. The summed E-state index contributed by atoms with van der Waals surface area (Å²) in [5.41, 5.74) is 6.81. The Bertz CT molecular complexity index is 1470. The first kappa shape index (κ1) is 27.4. The molecule has 39 heavy (non-hydrogen) atoms. The second kappa shape index (κ2) is 11.0. The van der Waals surface area contributed by atoms with Gasteiger partial charge in [0.25, 0.3) is 5.91 Å². The predicted octanol–water partition coefficient (Wildman–Crippen LogP) is 2.89. The Hall–Kier alpha value is -4.64. The standard InChI is InChI=1S/C28H28N2O9/c1-13-25(34)23-16(10-30-13)11-39-28(23)20-8-18(14(2)31)26(35)24(27(20)36)19(9-22(33)37-3)15-5-4-6-17(7-15)38-12-21(29)32/h4-8,10,19,28,34-36H,9,11-12H2,1-3H3,(H2,29,32)/t19-,28+/m0/s1. The van der Waals surface area contributed by atoms with Crippen LogP contribution < -0.4 is 10.5 Å². The van der Waals surface area contributed by atoms with Gasteiger partial charge in [-0.2, -0.15) is 0 Å². The Balaban J connectivity index is 1.94. The number of nitrogens with two attached hydrogens (primary N) is 1. The van der Waals surface area contributed by atoms with Crippen LogP contribution in [0.3, 0.4) is 0 Å². The number of carbonyl (C=O) groups is 3. The minimum atomic E-state index is -1.01. The fourth-order valence-corrected chi connectivity index (χ4v) is 4.68. The van der Waals surface area contributed by atoms with E-state index in [0.29, 0.717) is 22.4 Å². The van der Waals surface area contributed by atoms with Crippen molar-refractivity contribution in [2.24, 2.45) is 5.73 Å². The third kappa shape index (κ3) is 5.34. The molecule has 204 valence electrons. The summed E-state index contributed by atoms with van der Waals surface area (Å²) in [5, 5.41) is 33.6. The normalized spacial score (nSPS) is 14.9. The maximum atomic E-state index is 12.6. The average molecular weight is 537 g/mol. The van der Waals surface area contributed by atoms with E-state index in [1.807, 2.05) is 0 Å². The van der Waals surface area contributed by atoms with Gasteiger partial charge in [0.05, 0.1) is 31.4 Å². The molecule has 11 heteroatoms. The first-order chi connectivity index (χ1) is 18.5. The quantitative estimate of drug-likeness (QED) is 0.235.